The number of hydrogen-bond donors (Lipinski definition) is 0. The Morgan fingerprint density at radius 1 is 0.882 bits per heavy atom. The van der Waals surface area contributed by atoms with Crippen LogP contribution in [0.25, 0.3) is 11.1 Å². The van der Waals surface area contributed by atoms with Gasteiger partial charge in [0, 0.05) is 24.5 Å². The van der Waals surface area contributed by atoms with Gasteiger partial charge in [0.05, 0.1) is 0 Å². The van der Waals surface area contributed by atoms with Crippen LogP contribution >= 0.6 is 11.3 Å². The first-order valence-electron chi connectivity index (χ1n) is 5.97. The average molecular weight is 243 g/mol. The van der Waals surface area contributed by atoms with Crippen LogP contribution < -0.4 is 0 Å². The molecular weight excluding hydrogens is 224 g/mol. The lowest BCUT2D eigenvalue weighted by Crippen LogP contribution is -2.09. The Hall–Kier alpha value is -1.21. The molecule has 1 aromatic heterocycles. The molecule has 0 saturated carbocycles. The second kappa shape index (κ2) is 4.58. The minimum absolute atomic E-state index is 0.222. The Labute approximate surface area is 108 Å². The van der Waals surface area contributed by atoms with Gasteiger partial charge in [0.15, 0.2) is 0 Å². The third-order valence-corrected chi connectivity index (χ3v) is 4.15. The van der Waals surface area contributed by atoms with E-state index in [-0.39, 0.29) is 5.41 Å². The highest BCUT2D eigenvalue weighted by Crippen LogP contribution is 2.32. The quantitative estimate of drug-likeness (QED) is 0.596. The summed E-state index contributed by atoms with van der Waals surface area (Å²) in [6.45, 7) is 9.00. The lowest BCUT2D eigenvalue weighted by Gasteiger charge is -2.11. The van der Waals surface area contributed by atoms with Crippen LogP contribution in [0.1, 0.15) is 30.5 Å². The maximum absolute atomic E-state index is 2.33. The van der Waals surface area contributed by atoms with Gasteiger partial charge in [0.2, 0.25) is 21.1 Å². The van der Waals surface area contributed by atoms with Gasteiger partial charge in [-0.3, -0.25) is 0 Å². The maximum Gasteiger partial charge on any atom is 0.218 e. The molecule has 2 rings (SSSR count). The molecule has 88 valence electrons. The Kier molecular flexibility index (Phi) is 3.30. The fraction of sp³-hybridized carbons (Fsp3) is 0.312. The molecule has 0 saturated heterocycles. The van der Waals surface area contributed by atoms with E-state index in [1.165, 1.54) is 20.9 Å². The van der Waals surface area contributed by atoms with E-state index in [1.54, 1.807) is 0 Å². The van der Waals surface area contributed by atoms with Crippen LogP contribution in [0, 0.1) is 6.92 Å². The molecule has 0 amide bonds. The topological polar surface area (TPSA) is 0 Å². The van der Waals surface area contributed by atoms with Crippen molar-refractivity contribution in [2.24, 2.45) is 0 Å². The van der Waals surface area contributed by atoms with E-state index in [0.29, 0.717) is 0 Å². The molecule has 0 fully saturated rings. The summed E-state index contributed by atoms with van der Waals surface area (Å²) in [5.74, 6) is 0. The summed E-state index contributed by atoms with van der Waals surface area (Å²) >= 11 is 1.89. The smallest absolute Gasteiger partial charge is 0.0622 e. The van der Waals surface area contributed by atoms with Gasteiger partial charge in [-0.25, -0.2) is 0 Å². The van der Waals surface area contributed by atoms with Crippen LogP contribution in [0.5, 0.6) is 0 Å². The second-order valence-corrected chi connectivity index (χ2v) is 6.72. The van der Waals surface area contributed by atoms with Crippen molar-refractivity contribution in [1.29, 1.82) is 0 Å². The van der Waals surface area contributed by atoms with E-state index in [2.05, 4.69) is 70.2 Å². The molecule has 1 heteroatoms. The number of aryl methyl sites for hydroxylation is 1. The van der Waals surface area contributed by atoms with Gasteiger partial charge in [-0.05, 0) is 11.1 Å². The fourth-order valence-corrected chi connectivity index (χ4v) is 2.83. The van der Waals surface area contributed by atoms with Gasteiger partial charge in [-0.1, -0.05) is 51.1 Å². The van der Waals surface area contributed by atoms with Crippen molar-refractivity contribution in [3.05, 3.63) is 52.2 Å². The molecular formula is C16H19S+. The standard InChI is InChI=1S/C16H19S/c1-12-10-14(13-8-6-5-7-9-13)11-15(17-12)16(2,3)4/h5-11H,1-4H3/q+1. The molecule has 0 atom stereocenters. The van der Waals surface area contributed by atoms with E-state index in [1.807, 2.05) is 11.3 Å². The van der Waals surface area contributed by atoms with Crippen LogP contribution in [-0.2, 0) is 5.41 Å². The number of hydrogen-bond acceptors (Lipinski definition) is 0. The minimum Gasteiger partial charge on any atom is -0.0622 e. The Morgan fingerprint density at radius 3 is 2.12 bits per heavy atom. The van der Waals surface area contributed by atoms with Gasteiger partial charge >= 0.3 is 0 Å². The Bertz CT molecular complexity index is 507. The van der Waals surface area contributed by atoms with E-state index < -0.39 is 0 Å². The van der Waals surface area contributed by atoms with Crippen molar-refractivity contribution in [1.82, 2.24) is 0 Å². The van der Waals surface area contributed by atoms with Crippen LogP contribution in [0.2, 0.25) is 0 Å². The van der Waals surface area contributed by atoms with Gasteiger partial charge < -0.3 is 0 Å². The molecule has 0 bridgehead atoms. The summed E-state index contributed by atoms with van der Waals surface area (Å²) in [4.78, 5) is 2.81. The zero-order chi connectivity index (χ0) is 12.5. The van der Waals surface area contributed by atoms with Crippen molar-refractivity contribution in [2.45, 2.75) is 33.1 Å². The van der Waals surface area contributed by atoms with Crippen LogP contribution in [0.3, 0.4) is 0 Å². The highest BCUT2D eigenvalue weighted by Gasteiger charge is 2.25. The third-order valence-electron chi connectivity index (χ3n) is 2.76. The van der Waals surface area contributed by atoms with Gasteiger partial charge in [-0.15, -0.1) is 0 Å². The Balaban J connectivity index is 2.54. The molecule has 0 radical (unpaired) electrons. The number of benzene rings is 1. The van der Waals surface area contributed by atoms with Gasteiger partial charge in [0.25, 0.3) is 0 Å². The lowest BCUT2D eigenvalue weighted by atomic mass is 9.93. The highest BCUT2D eigenvalue weighted by atomic mass is 32.1. The predicted octanol–water partition coefficient (Wildman–Crippen LogP) is 5.30. The highest BCUT2D eigenvalue weighted by molar-refractivity contribution is 7.11. The van der Waals surface area contributed by atoms with Gasteiger partial charge in [-0.2, -0.15) is 0 Å². The molecule has 0 aliphatic rings. The molecule has 1 aromatic carbocycles. The lowest BCUT2D eigenvalue weighted by molar-refractivity contribution is 0.603. The first kappa shape index (κ1) is 12.3. The zero-order valence-corrected chi connectivity index (χ0v) is 11.8. The van der Waals surface area contributed by atoms with E-state index in [0.717, 1.165) is 0 Å². The van der Waals surface area contributed by atoms with E-state index in [9.17, 15) is 0 Å². The summed E-state index contributed by atoms with van der Waals surface area (Å²) < 4.78 is 0. The molecule has 2 aromatic rings. The van der Waals surface area contributed by atoms with Crippen LogP contribution in [-0.4, -0.2) is 0 Å². The SMILES string of the molecule is Cc1cc(-c2ccccc2)cc(C(C)(C)C)[s+]1. The molecule has 17 heavy (non-hydrogen) atoms. The monoisotopic (exact) mass is 243 g/mol. The summed E-state index contributed by atoms with van der Waals surface area (Å²) in [6.07, 6.45) is 0. The summed E-state index contributed by atoms with van der Waals surface area (Å²) in [5, 5.41) is 0. The normalized spacial score (nSPS) is 11.5. The van der Waals surface area contributed by atoms with Crippen LogP contribution in [0.15, 0.2) is 42.5 Å². The molecule has 0 N–H and O–H groups in total. The zero-order valence-electron chi connectivity index (χ0n) is 10.9. The summed E-state index contributed by atoms with van der Waals surface area (Å²) in [7, 11) is 0. The largest absolute Gasteiger partial charge is 0.218 e. The van der Waals surface area contributed by atoms with Crippen LogP contribution in [0.4, 0.5) is 0 Å². The first-order valence-corrected chi connectivity index (χ1v) is 6.79. The number of rotatable bonds is 1. The second-order valence-electron chi connectivity index (χ2n) is 5.44. The van der Waals surface area contributed by atoms with Crippen molar-refractivity contribution in [3.63, 3.8) is 0 Å². The maximum atomic E-state index is 2.33. The van der Waals surface area contributed by atoms with Gasteiger partial charge in [0.1, 0.15) is 0 Å². The van der Waals surface area contributed by atoms with E-state index >= 15 is 0 Å². The summed E-state index contributed by atoms with van der Waals surface area (Å²) in [5.41, 5.74) is 2.85. The molecule has 0 spiro atoms. The molecule has 0 aliphatic carbocycles. The minimum atomic E-state index is 0.222. The Morgan fingerprint density at radius 2 is 1.53 bits per heavy atom. The first-order chi connectivity index (χ1) is 7.97. The van der Waals surface area contributed by atoms with Crippen molar-refractivity contribution >= 4 is 11.3 Å². The molecule has 1 heterocycles. The average Bonchev–Trinajstić information content (AvgIpc) is 2.28. The molecule has 0 nitrogen and oxygen atoms in total. The van der Waals surface area contributed by atoms with E-state index in [4.69, 9.17) is 0 Å². The van der Waals surface area contributed by atoms with Crippen molar-refractivity contribution in [3.8, 4) is 11.1 Å². The molecule has 0 unspecified atom stereocenters. The molecule has 0 aliphatic heterocycles. The summed E-state index contributed by atoms with van der Waals surface area (Å²) in [6, 6.07) is 15.2. The third kappa shape index (κ3) is 2.92. The fourth-order valence-electron chi connectivity index (χ4n) is 1.80. The predicted molar refractivity (Wildman–Crippen MR) is 77.6 cm³/mol. The van der Waals surface area contributed by atoms with Crippen molar-refractivity contribution < 1.29 is 0 Å². The van der Waals surface area contributed by atoms with Crippen molar-refractivity contribution in [2.75, 3.05) is 0 Å².